The van der Waals surface area contributed by atoms with Gasteiger partial charge in [-0.15, -0.1) is 11.3 Å². The minimum atomic E-state index is -3.35. The van der Waals surface area contributed by atoms with Crippen LogP contribution < -0.4 is 0 Å². The third-order valence-corrected chi connectivity index (χ3v) is 7.28. The van der Waals surface area contributed by atoms with Crippen molar-refractivity contribution in [3.8, 4) is 11.3 Å². The zero-order chi connectivity index (χ0) is 22.0. The number of hydrogen-bond donors (Lipinski definition) is 0. The lowest BCUT2D eigenvalue weighted by atomic mass is 10.0. The SMILES string of the molecule is Cc1scnc1-c1ccc(CC(=O)N(Cc2ccncc2)C2C=CS(=O)(=O)C2)c(F)c1. The maximum atomic E-state index is 14.8. The summed E-state index contributed by atoms with van der Waals surface area (Å²) in [5, 5.41) is 1.13. The fraction of sp³-hybridized carbons (Fsp3) is 0.227. The zero-order valence-corrected chi connectivity index (χ0v) is 18.4. The van der Waals surface area contributed by atoms with Crippen molar-refractivity contribution in [1.29, 1.82) is 0 Å². The van der Waals surface area contributed by atoms with Crippen molar-refractivity contribution in [1.82, 2.24) is 14.9 Å². The van der Waals surface area contributed by atoms with Crippen molar-refractivity contribution >= 4 is 27.1 Å². The van der Waals surface area contributed by atoms with Crippen LogP contribution >= 0.6 is 11.3 Å². The fourth-order valence-corrected chi connectivity index (χ4v) is 5.41. The second kappa shape index (κ2) is 8.68. The fourth-order valence-electron chi connectivity index (χ4n) is 3.51. The van der Waals surface area contributed by atoms with E-state index in [0.29, 0.717) is 5.56 Å². The lowest BCUT2D eigenvalue weighted by molar-refractivity contribution is -0.132. The number of carbonyl (C=O) groups is 1. The second-order valence-electron chi connectivity index (χ2n) is 7.34. The minimum Gasteiger partial charge on any atom is -0.331 e. The molecular weight excluding hydrogens is 437 g/mol. The third-order valence-electron chi connectivity index (χ3n) is 5.15. The molecule has 160 valence electrons. The Bertz CT molecular complexity index is 1240. The number of halogens is 1. The van der Waals surface area contributed by atoms with Gasteiger partial charge in [-0.25, -0.2) is 17.8 Å². The van der Waals surface area contributed by atoms with Crippen molar-refractivity contribution in [2.24, 2.45) is 0 Å². The molecule has 1 unspecified atom stereocenters. The Labute approximate surface area is 184 Å². The quantitative estimate of drug-likeness (QED) is 0.566. The highest BCUT2D eigenvalue weighted by atomic mass is 32.2. The summed E-state index contributed by atoms with van der Waals surface area (Å²) in [6.07, 6.45) is 4.56. The Morgan fingerprint density at radius 1 is 1.26 bits per heavy atom. The predicted octanol–water partition coefficient (Wildman–Crippen LogP) is 3.53. The van der Waals surface area contributed by atoms with Crippen molar-refractivity contribution in [2.45, 2.75) is 25.9 Å². The number of carbonyl (C=O) groups excluding carboxylic acids is 1. The van der Waals surface area contributed by atoms with Gasteiger partial charge in [-0.05, 0) is 42.3 Å². The van der Waals surface area contributed by atoms with E-state index in [1.807, 2.05) is 6.92 Å². The first-order valence-electron chi connectivity index (χ1n) is 9.60. The van der Waals surface area contributed by atoms with Gasteiger partial charge in [0.15, 0.2) is 9.84 Å². The standard InChI is InChI=1S/C22H20FN3O3S2/c1-15-22(25-14-30-15)18-3-2-17(20(23)10-18)11-21(27)26(12-16-4-7-24-8-5-16)19-6-9-31(28,29)13-19/h2-10,14,19H,11-13H2,1H3. The summed E-state index contributed by atoms with van der Waals surface area (Å²) in [7, 11) is -3.35. The molecule has 1 amide bonds. The summed E-state index contributed by atoms with van der Waals surface area (Å²) < 4.78 is 38.6. The highest BCUT2D eigenvalue weighted by Crippen LogP contribution is 2.27. The molecule has 0 fully saturated rings. The minimum absolute atomic E-state index is 0.169. The van der Waals surface area contributed by atoms with Crippen LogP contribution in [0.3, 0.4) is 0 Å². The summed E-state index contributed by atoms with van der Waals surface area (Å²) in [5.41, 5.74) is 4.16. The molecule has 2 aromatic heterocycles. The average molecular weight is 458 g/mol. The predicted molar refractivity (Wildman–Crippen MR) is 117 cm³/mol. The van der Waals surface area contributed by atoms with Gasteiger partial charge in [-0.3, -0.25) is 9.78 Å². The lowest BCUT2D eigenvalue weighted by Crippen LogP contribution is -2.41. The summed E-state index contributed by atoms with van der Waals surface area (Å²) in [5.74, 6) is -1.01. The maximum Gasteiger partial charge on any atom is 0.227 e. The number of sulfone groups is 1. The Morgan fingerprint density at radius 3 is 2.65 bits per heavy atom. The number of aryl methyl sites for hydroxylation is 1. The highest BCUT2D eigenvalue weighted by Gasteiger charge is 2.30. The summed E-state index contributed by atoms with van der Waals surface area (Å²) in [6, 6.07) is 7.66. The molecule has 1 aliphatic rings. The molecule has 1 aromatic carbocycles. The molecule has 0 saturated carbocycles. The maximum absolute atomic E-state index is 14.8. The van der Waals surface area contributed by atoms with Crippen LogP contribution in [0.4, 0.5) is 4.39 Å². The van der Waals surface area contributed by atoms with E-state index in [-0.39, 0.29) is 30.2 Å². The smallest absolute Gasteiger partial charge is 0.227 e. The number of hydrogen-bond acceptors (Lipinski definition) is 6. The number of pyridine rings is 1. The Hall–Kier alpha value is -2.91. The topological polar surface area (TPSA) is 80.2 Å². The van der Waals surface area contributed by atoms with Gasteiger partial charge in [0.05, 0.1) is 29.4 Å². The number of rotatable bonds is 6. The monoisotopic (exact) mass is 457 g/mol. The molecule has 0 N–H and O–H groups in total. The van der Waals surface area contributed by atoms with Crippen molar-refractivity contribution in [3.63, 3.8) is 0 Å². The Morgan fingerprint density at radius 2 is 2.03 bits per heavy atom. The van der Waals surface area contributed by atoms with Crippen molar-refractivity contribution < 1.29 is 17.6 Å². The Kier molecular flexibility index (Phi) is 5.97. The molecule has 0 aliphatic carbocycles. The first-order valence-corrected chi connectivity index (χ1v) is 12.2. The van der Waals surface area contributed by atoms with Crippen LogP contribution in [0.25, 0.3) is 11.3 Å². The Balaban J connectivity index is 1.57. The van der Waals surface area contributed by atoms with Crippen molar-refractivity contribution in [2.75, 3.05) is 5.75 Å². The molecule has 3 aromatic rings. The van der Waals surface area contributed by atoms with Gasteiger partial charge in [-0.1, -0.05) is 12.1 Å². The van der Waals surface area contributed by atoms with Gasteiger partial charge in [0, 0.05) is 34.8 Å². The molecule has 6 nitrogen and oxygen atoms in total. The van der Waals surface area contributed by atoms with Crippen LogP contribution in [-0.2, 0) is 27.6 Å². The number of benzene rings is 1. The number of amides is 1. The van der Waals surface area contributed by atoms with Crippen LogP contribution in [0.1, 0.15) is 16.0 Å². The molecule has 1 atom stereocenters. The molecule has 9 heteroatoms. The summed E-state index contributed by atoms with van der Waals surface area (Å²) >= 11 is 1.48. The van der Waals surface area contributed by atoms with E-state index in [1.54, 1.807) is 42.2 Å². The summed E-state index contributed by atoms with van der Waals surface area (Å²) in [6.45, 7) is 2.13. The first-order chi connectivity index (χ1) is 14.8. The molecule has 0 saturated heterocycles. The van der Waals surface area contributed by atoms with Crippen molar-refractivity contribution in [3.05, 3.63) is 81.5 Å². The van der Waals surface area contributed by atoms with Crippen LogP contribution in [0, 0.1) is 12.7 Å². The van der Waals surface area contributed by atoms with E-state index in [4.69, 9.17) is 0 Å². The number of nitrogens with zero attached hydrogens (tertiary/aromatic N) is 3. The molecule has 0 spiro atoms. The van der Waals surface area contributed by atoms with Gasteiger partial charge >= 0.3 is 0 Å². The van der Waals surface area contributed by atoms with Crippen LogP contribution in [-0.4, -0.2) is 41.0 Å². The van der Waals surface area contributed by atoms with Gasteiger partial charge in [0.1, 0.15) is 5.82 Å². The molecule has 0 bridgehead atoms. The number of thiazole rings is 1. The first kappa shape index (κ1) is 21.3. The van der Waals surface area contributed by atoms with E-state index in [1.165, 1.54) is 28.4 Å². The molecule has 4 rings (SSSR count). The number of aromatic nitrogens is 2. The molecule has 0 radical (unpaired) electrons. The highest BCUT2D eigenvalue weighted by molar-refractivity contribution is 7.94. The van der Waals surface area contributed by atoms with Crippen LogP contribution in [0.15, 0.2) is 59.7 Å². The average Bonchev–Trinajstić information content (AvgIpc) is 3.33. The van der Waals surface area contributed by atoms with Gasteiger partial charge in [-0.2, -0.15) is 0 Å². The molecule has 1 aliphatic heterocycles. The van der Waals surface area contributed by atoms with E-state index >= 15 is 0 Å². The van der Waals surface area contributed by atoms with Gasteiger partial charge in [0.25, 0.3) is 0 Å². The third kappa shape index (κ3) is 4.88. The lowest BCUT2D eigenvalue weighted by Gasteiger charge is -2.28. The van der Waals surface area contributed by atoms with E-state index in [9.17, 15) is 17.6 Å². The normalized spacial score (nSPS) is 17.0. The van der Waals surface area contributed by atoms with Crippen LogP contribution in [0.2, 0.25) is 0 Å². The molecular formula is C22H20FN3O3S2. The summed E-state index contributed by atoms with van der Waals surface area (Å²) in [4.78, 5) is 23.8. The van der Waals surface area contributed by atoms with Gasteiger partial charge in [0.2, 0.25) is 5.91 Å². The van der Waals surface area contributed by atoms with Gasteiger partial charge < -0.3 is 4.90 Å². The van der Waals surface area contributed by atoms with Crippen LogP contribution in [0.5, 0.6) is 0 Å². The molecule has 3 heterocycles. The zero-order valence-electron chi connectivity index (χ0n) is 16.7. The largest absolute Gasteiger partial charge is 0.331 e. The van der Waals surface area contributed by atoms with E-state index < -0.39 is 21.7 Å². The van der Waals surface area contributed by atoms with E-state index in [2.05, 4.69) is 9.97 Å². The molecule has 31 heavy (non-hydrogen) atoms. The van der Waals surface area contributed by atoms with E-state index in [0.717, 1.165) is 21.5 Å². The second-order valence-corrected chi connectivity index (χ2v) is 10.3.